The molecule has 0 bridgehead atoms. The Morgan fingerprint density at radius 3 is 2.47 bits per heavy atom. The summed E-state index contributed by atoms with van der Waals surface area (Å²) >= 11 is 7.40. The van der Waals surface area contributed by atoms with Gasteiger partial charge in [-0.15, -0.1) is 10.2 Å². The van der Waals surface area contributed by atoms with Gasteiger partial charge in [-0.1, -0.05) is 65.4 Å². The van der Waals surface area contributed by atoms with Crippen molar-refractivity contribution in [1.82, 2.24) is 20.0 Å². The number of ether oxygens (including phenoxy) is 1. The minimum atomic E-state index is -0.208. The molecule has 168 valence electrons. The number of nitrogens with one attached hydrogen (secondary N) is 1. The first-order valence-corrected chi connectivity index (χ1v) is 11.9. The number of benzene rings is 2. The molecule has 0 unspecified atom stereocenters. The molecule has 1 fully saturated rings. The van der Waals surface area contributed by atoms with Crippen molar-refractivity contribution in [3.63, 3.8) is 0 Å². The van der Waals surface area contributed by atoms with Crippen molar-refractivity contribution in [3.8, 4) is 0 Å². The van der Waals surface area contributed by atoms with Crippen LogP contribution in [0, 0.1) is 0 Å². The van der Waals surface area contributed by atoms with Gasteiger partial charge in [0.25, 0.3) is 5.91 Å². The molecule has 0 saturated carbocycles. The number of carbonyl (C=O) groups excluding carboxylic acids is 1. The van der Waals surface area contributed by atoms with E-state index in [-0.39, 0.29) is 18.6 Å². The van der Waals surface area contributed by atoms with Gasteiger partial charge in [-0.25, -0.2) is 0 Å². The van der Waals surface area contributed by atoms with Gasteiger partial charge in [0.05, 0.1) is 12.6 Å². The van der Waals surface area contributed by atoms with Crippen LogP contribution >= 0.6 is 22.9 Å². The van der Waals surface area contributed by atoms with E-state index in [0.717, 1.165) is 37.7 Å². The summed E-state index contributed by atoms with van der Waals surface area (Å²) in [6, 6.07) is 19.0. The third kappa shape index (κ3) is 6.34. The number of aromatic nitrogens is 2. The van der Waals surface area contributed by atoms with Crippen molar-refractivity contribution in [2.75, 3.05) is 51.3 Å². The Morgan fingerprint density at radius 1 is 1.06 bits per heavy atom. The van der Waals surface area contributed by atoms with Crippen LogP contribution in [0.2, 0.25) is 5.02 Å². The molecule has 0 radical (unpaired) electrons. The van der Waals surface area contributed by atoms with Crippen molar-refractivity contribution in [1.29, 1.82) is 0 Å². The second kappa shape index (κ2) is 11.5. The van der Waals surface area contributed by atoms with E-state index in [1.807, 2.05) is 12.1 Å². The van der Waals surface area contributed by atoms with Gasteiger partial charge in [0.1, 0.15) is 12.1 Å². The zero-order valence-electron chi connectivity index (χ0n) is 17.7. The minimum absolute atomic E-state index is 0.0200. The maximum atomic E-state index is 11.8. The highest BCUT2D eigenvalue weighted by atomic mass is 35.5. The quantitative estimate of drug-likeness (QED) is 0.481. The number of amides is 1. The van der Waals surface area contributed by atoms with Crippen molar-refractivity contribution >= 4 is 34.0 Å². The molecule has 4 rings (SSSR count). The Hall–Kier alpha value is -2.36. The fourth-order valence-electron chi connectivity index (χ4n) is 3.88. The first-order valence-electron chi connectivity index (χ1n) is 10.6. The second-order valence-corrected chi connectivity index (χ2v) is 8.86. The SMILES string of the molecule is O=C(COCCN1CCN([C@@H](c2ccccc2)c2ccc(Cl)cc2)CC1)Nc1nncs1. The lowest BCUT2D eigenvalue weighted by Crippen LogP contribution is -2.48. The molecule has 2 aromatic carbocycles. The summed E-state index contributed by atoms with van der Waals surface area (Å²) in [6.07, 6.45) is 0. The Balaban J connectivity index is 1.26. The van der Waals surface area contributed by atoms with Crippen LogP contribution in [-0.4, -0.2) is 71.8 Å². The molecule has 0 spiro atoms. The third-order valence-corrected chi connectivity index (χ3v) is 6.32. The lowest BCUT2D eigenvalue weighted by atomic mass is 9.96. The number of halogens is 1. The maximum absolute atomic E-state index is 11.8. The van der Waals surface area contributed by atoms with Crippen LogP contribution in [0.25, 0.3) is 0 Å². The molecular formula is C23H26ClN5O2S. The molecule has 1 amide bonds. The predicted molar refractivity (Wildman–Crippen MR) is 127 cm³/mol. The highest BCUT2D eigenvalue weighted by Gasteiger charge is 2.26. The molecule has 1 saturated heterocycles. The van der Waals surface area contributed by atoms with E-state index in [1.54, 1.807) is 5.51 Å². The fourth-order valence-corrected chi connectivity index (χ4v) is 4.47. The molecule has 1 N–H and O–H groups in total. The molecule has 1 aromatic heterocycles. The molecule has 1 atom stereocenters. The standard InChI is InChI=1S/C23H26ClN5O2S/c24-20-8-6-19(7-9-20)22(18-4-2-1-3-5-18)29-12-10-28(11-13-29)14-15-31-16-21(30)26-23-27-25-17-32-23/h1-9,17,22H,10-16H2,(H,26,27,30)/t22-/m0/s1. The molecule has 7 nitrogen and oxygen atoms in total. The van der Waals surface area contributed by atoms with Crippen molar-refractivity contribution in [2.24, 2.45) is 0 Å². The summed E-state index contributed by atoms with van der Waals surface area (Å²) < 4.78 is 5.55. The average Bonchev–Trinajstić information content (AvgIpc) is 3.33. The third-order valence-electron chi connectivity index (χ3n) is 5.46. The van der Waals surface area contributed by atoms with Gasteiger partial charge < -0.3 is 4.74 Å². The number of hydrogen-bond acceptors (Lipinski definition) is 7. The van der Waals surface area contributed by atoms with Crippen LogP contribution in [0.15, 0.2) is 60.1 Å². The summed E-state index contributed by atoms with van der Waals surface area (Å²) in [5, 5.41) is 11.4. The summed E-state index contributed by atoms with van der Waals surface area (Å²) in [6.45, 7) is 5.17. The Labute approximate surface area is 197 Å². The summed E-state index contributed by atoms with van der Waals surface area (Å²) in [7, 11) is 0. The summed E-state index contributed by atoms with van der Waals surface area (Å²) in [5.41, 5.74) is 4.11. The van der Waals surface area contributed by atoms with Crippen LogP contribution in [-0.2, 0) is 9.53 Å². The fraction of sp³-hybridized carbons (Fsp3) is 0.348. The van der Waals surface area contributed by atoms with Crippen LogP contribution in [0.4, 0.5) is 5.13 Å². The smallest absolute Gasteiger partial charge is 0.252 e. The largest absolute Gasteiger partial charge is 0.370 e. The van der Waals surface area contributed by atoms with Crippen molar-refractivity contribution < 1.29 is 9.53 Å². The number of hydrogen-bond donors (Lipinski definition) is 1. The van der Waals surface area contributed by atoms with Gasteiger partial charge in [0, 0.05) is 37.7 Å². The maximum Gasteiger partial charge on any atom is 0.252 e. The van der Waals surface area contributed by atoms with Crippen LogP contribution in [0.5, 0.6) is 0 Å². The highest BCUT2D eigenvalue weighted by molar-refractivity contribution is 7.13. The predicted octanol–water partition coefficient (Wildman–Crippen LogP) is 3.55. The molecule has 9 heteroatoms. The van der Waals surface area contributed by atoms with Gasteiger partial charge in [-0.2, -0.15) is 0 Å². The zero-order valence-corrected chi connectivity index (χ0v) is 19.3. The van der Waals surface area contributed by atoms with Gasteiger partial charge in [0.2, 0.25) is 5.13 Å². The van der Waals surface area contributed by atoms with Crippen LogP contribution in [0.1, 0.15) is 17.2 Å². The number of carbonyl (C=O) groups is 1. The molecule has 32 heavy (non-hydrogen) atoms. The minimum Gasteiger partial charge on any atom is -0.370 e. The number of anilines is 1. The van der Waals surface area contributed by atoms with E-state index in [1.165, 1.54) is 22.5 Å². The normalized spacial score (nSPS) is 16.0. The van der Waals surface area contributed by atoms with E-state index in [0.29, 0.717) is 11.7 Å². The van der Waals surface area contributed by atoms with E-state index in [2.05, 4.69) is 67.8 Å². The Kier molecular flexibility index (Phi) is 8.19. The van der Waals surface area contributed by atoms with Gasteiger partial charge in [0.15, 0.2) is 0 Å². The zero-order chi connectivity index (χ0) is 22.2. The highest BCUT2D eigenvalue weighted by Crippen LogP contribution is 2.30. The Morgan fingerprint density at radius 2 is 1.78 bits per heavy atom. The number of nitrogens with zero attached hydrogens (tertiary/aromatic N) is 4. The first-order chi connectivity index (χ1) is 15.7. The monoisotopic (exact) mass is 471 g/mol. The second-order valence-electron chi connectivity index (χ2n) is 7.59. The summed E-state index contributed by atoms with van der Waals surface area (Å²) in [4.78, 5) is 16.7. The van der Waals surface area contributed by atoms with Crippen LogP contribution < -0.4 is 5.32 Å². The number of piperazine rings is 1. The van der Waals surface area contributed by atoms with Crippen LogP contribution in [0.3, 0.4) is 0 Å². The molecular weight excluding hydrogens is 446 g/mol. The molecule has 3 aromatic rings. The van der Waals surface area contributed by atoms with Crippen molar-refractivity contribution in [3.05, 3.63) is 76.3 Å². The number of rotatable bonds is 9. The van der Waals surface area contributed by atoms with E-state index >= 15 is 0 Å². The van der Waals surface area contributed by atoms with E-state index in [4.69, 9.17) is 16.3 Å². The summed E-state index contributed by atoms with van der Waals surface area (Å²) in [5.74, 6) is -0.208. The van der Waals surface area contributed by atoms with E-state index < -0.39 is 0 Å². The molecule has 1 aliphatic rings. The average molecular weight is 472 g/mol. The van der Waals surface area contributed by atoms with Gasteiger partial charge >= 0.3 is 0 Å². The topological polar surface area (TPSA) is 70.6 Å². The molecule has 0 aliphatic carbocycles. The Bertz CT molecular complexity index is 964. The lowest BCUT2D eigenvalue weighted by molar-refractivity contribution is -0.120. The first kappa shape index (κ1) is 22.8. The lowest BCUT2D eigenvalue weighted by Gasteiger charge is -2.39. The van der Waals surface area contributed by atoms with Gasteiger partial charge in [-0.3, -0.25) is 19.9 Å². The van der Waals surface area contributed by atoms with E-state index in [9.17, 15) is 4.79 Å². The molecule has 2 heterocycles. The van der Waals surface area contributed by atoms with Gasteiger partial charge in [-0.05, 0) is 23.3 Å². The van der Waals surface area contributed by atoms with Crippen molar-refractivity contribution in [2.45, 2.75) is 6.04 Å². The molecule has 1 aliphatic heterocycles.